The molecule has 140 valence electrons. The van der Waals surface area contributed by atoms with E-state index in [1.807, 2.05) is 18.2 Å². The molecular weight excluding hydrogens is 344 g/mol. The molecule has 1 aliphatic carbocycles. The molecule has 0 N–H and O–H groups in total. The van der Waals surface area contributed by atoms with Gasteiger partial charge in [-0.15, -0.1) is 0 Å². The van der Waals surface area contributed by atoms with Crippen molar-refractivity contribution in [2.75, 3.05) is 13.2 Å². The molecule has 1 aromatic carbocycles. The number of ether oxygens (including phenoxy) is 2. The molecule has 0 atom stereocenters. The van der Waals surface area contributed by atoms with Gasteiger partial charge in [0.15, 0.2) is 12.4 Å². The number of benzene rings is 1. The molecule has 1 aliphatic rings. The highest BCUT2D eigenvalue weighted by atomic mass is 28.3. The number of nitrogens with zero attached hydrogens (tertiary/aromatic N) is 2. The Morgan fingerprint density at radius 3 is 2.85 bits per heavy atom. The van der Waals surface area contributed by atoms with Crippen LogP contribution in [-0.4, -0.2) is 36.6 Å². The van der Waals surface area contributed by atoms with Gasteiger partial charge in [0.2, 0.25) is 5.78 Å². The van der Waals surface area contributed by atoms with Crippen LogP contribution in [0.15, 0.2) is 36.7 Å². The molecule has 2 aromatic rings. The van der Waals surface area contributed by atoms with Crippen LogP contribution in [0.4, 0.5) is 0 Å². The van der Waals surface area contributed by atoms with Crippen molar-refractivity contribution in [2.24, 2.45) is 0 Å². The summed E-state index contributed by atoms with van der Waals surface area (Å²) >= 11 is 0. The van der Waals surface area contributed by atoms with Gasteiger partial charge < -0.3 is 14.0 Å². The second-order valence-corrected chi connectivity index (χ2v) is 13.7. The predicted molar refractivity (Wildman–Crippen MR) is 105 cm³/mol. The fourth-order valence-corrected chi connectivity index (χ4v) is 3.45. The van der Waals surface area contributed by atoms with Crippen LogP contribution >= 0.6 is 0 Å². The Balaban J connectivity index is 1.50. The summed E-state index contributed by atoms with van der Waals surface area (Å²) in [4.78, 5) is 16.6. The largest absolute Gasteiger partial charge is 0.485 e. The summed E-state index contributed by atoms with van der Waals surface area (Å²) in [7, 11) is -1.11. The minimum Gasteiger partial charge on any atom is -0.485 e. The molecule has 3 rings (SSSR count). The van der Waals surface area contributed by atoms with Crippen LogP contribution in [0, 0.1) is 0 Å². The first-order valence-corrected chi connectivity index (χ1v) is 13.0. The Hall–Kier alpha value is -1.92. The zero-order chi connectivity index (χ0) is 18.6. The summed E-state index contributed by atoms with van der Waals surface area (Å²) in [6, 6.07) is 9.14. The lowest BCUT2D eigenvalue weighted by Crippen LogP contribution is -2.23. The number of carbonyl (C=O) groups excluding carboxylic acids is 1. The minimum absolute atomic E-state index is 0.0139. The molecule has 1 aromatic heterocycles. The van der Waals surface area contributed by atoms with Crippen molar-refractivity contribution in [3.05, 3.63) is 48.0 Å². The summed E-state index contributed by atoms with van der Waals surface area (Å²) in [5.74, 6) is 1.66. The zero-order valence-corrected chi connectivity index (χ0v) is 16.9. The zero-order valence-electron chi connectivity index (χ0n) is 15.9. The third kappa shape index (κ3) is 5.54. The summed E-state index contributed by atoms with van der Waals surface area (Å²) in [5, 5.41) is 0. The van der Waals surface area contributed by atoms with Crippen LogP contribution in [0.2, 0.25) is 25.7 Å². The number of ketones is 1. The SMILES string of the molecule is C[Si](C)(C)CCOCn1ccnc1C(=O)COc1cccc(C2CC2)c1. The minimum atomic E-state index is -1.11. The highest BCUT2D eigenvalue weighted by molar-refractivity contribution is 6.76. The topological polar surface area (TPSA) is 53.4 Å². The first-order chi connectivity index (χ1) is 12.4. The Morgan fingerprint density at radius 1 is 1.31 bits per heavy atom. The molecule has 5 nitrogen and oxygen atoms in total. The van der Waals surface area contributed by atoms with Gasteiger partial charge in [0.1, 0.15) is 12.5 Å². The van der Waals surface area contributed by atoms with Crippen LogP contribution in [0.1, 0.15) is 34.9 Å². The lowest BCUT2D eigenvalue weighted by atomic mass is 10.1. The Morgan fingerprint density at radius 2 is 2.12 bits per heavy atom. The van der Waals surface area contributed by atoms with Crippen LogP contribution in [0.25, 0.3) is 0 Å². The number of carbonyl (C=O) groups is 1. The number of aromatic nitrogens is 2. The van der Waals surface area contributed by atoms with Crippen LogP contribution in [0.5, 0.6) is 5.75 Å². The average molecular weight is 373 g/mol. The summed E-state index contributed by atoms with van der Waals surface area (Å²) in [5.41, 5.74) is 1.30. The van der Waals surface area contributed by atoms with E-state index in [0.717, 1.165) is 11.8 Å². The van der Waals surface area contributed by atoms with E-state index in [1.54, 1.807) is 17.0 Å². The monoisotopic (exact) mass is 372 g/mol. The van der Waals surface area contributed by atoms with Gasteiger partial charge in [-0.05, 0) is 42.5 Å². The van der Waals surface area contributed by atoms with Gasteiger partial charge in [-0.25, -0.2) is 4.98 Å². The highest BCUT2D eigenvalue weighted by Gasteiger charge is 2.23. The van der Waals surface area contributed by atoms with E-state index in [0.29, 0.717) is 25.1 Å². The van der Waals surface area contributed by atoms with E-state index in [1.165, 1.54) is 18.4 Å². The molecule has 1 heterocycles. The Kier molecular flexibility index (Phi) is 5.93. The molecule has 0 radical (unpaired) electrons. The molecule has 1 saturated carbocycles. The van der Waals surface area contributed by atoms with E-state index < -0.39 is 8.07 Å². The Bertz CT molecular complexity index is 748. The molecule has 0 bridgehead atoms. The van der Waals surface area contributed by atoms with Crippen LogP contribution in [0.3, 0.4) is 0 Å². The van der Waals surface area contributed by atoms with Crippen molar-refractivity contribution in [1.29, 1.82) is 0 Å². The van der Waals surface area contributed by atoms with E-state index in [-0.39, 0.29) is 12.4 Å². The highest BCUT2D eigenvalue weighted by Crippen LogP contribution is 2.40. The molecule has 1 fully saturated rings. The first-order valence-electron chi connectivity index (χ1n) is 9.27. The quantitative estimate of drug-likeness (QED) is 0.354. The Labute approximate surface area is 156 Å². The van der Waals surface area contributed by atoms with Crippen LogP contribution < -0.4 is 4.74 Å². The van der Waals surface area contributed by atoms with Gasteiger partial charge in [0.05, 0.1) is 0 Å². The molecule has 0 saturated heterocycles. The summed E-state index contributed by atoms with van der Waals surface area (Å²) in [6.45, 7) is 8.00. The lowest BCUT2D eigenvalue weighted by molar-refractivity contribution is 0.0771. The molecule has 0 unspecified atom stereocenters. The lowest BCUT2D eigenvalue weighted by Gasteiger charge is -2.16. The van der Waals surface area contributed by atoms with Gasteiger partial charge in [-0.3, -0.25) is 4.79 Å². The molecule has 0 amide bonds. The van der Waals surface area contributed by atoms with Crippen molar-refractivity contribution in [3.63, 3.8) is 0 Å². The second kappa shape index (κ2) is 8.18. The van der Waals surface area contributed by atoms with Gasteiger partial charge in [-0.2, -0.15) is 0 Å². The molecular formula is C20H28N2O3Si. The third-order valence-electron chi connectivity index (χ3n) is 4.47. The number of Topliss-reactive ketones (excluding diaryl/α,β-unsaturated/α-hetero) is 1. The molecule has 6 heteroatoms. The van der Waals surface area contributed by atoms with Gasteiger partial charge >= 0.3 is 0 Å². The summed E-state index contributed by atoms with van der Waals surface area (Å²) in [6.07, 6.45) is 5.90. The normalized spacial score (nSPS) is 14.4. The van der Waals surface area contributed by atoms with Crippen molar-refractivity contribution in [1.82, 2.24) is 9.55 Å². The van der Waals surface area contributed by atoms with Crippen molar-refractivity contribution in [2.45, 2.75) is 51.2 Å². The average Bonchev–Trinajstić information content (AvgIpc) is 3.35. The fraction of sp³-hybridized carbons (Fsp3) is 0.500. The number of hydrogen-bond donors (Lipinski definition) is 0. The maximum Gasteiger partial charge on any atom is 0.235 e. The first kappa shape index (κ1) is 18.9. The van der Waals surface area contributed by atoms with E-state index in [2.05, 4.69) is 30.7 Å². The fourth-order valence-electron chi connectivity index (χ4n) is 2.70. The third-order valence-corrected chi connectivity index (χ3v) is 6.17. The smallest absolute Gasteiger partial charge is 0.235 e. The molecule has 0 aliphatic heterocycles. The second-order valence-electron chi connectivity index (χ2n) is 8.13. The number of rotatable bonds is 10. The van der Waals surface area contributed by atoms with E-state index in [4.69, 9.17) is 9.47 Å². The number of imidazole rings is 1. The standard InChI is InChI=1S/C20H28N2O3Si/c1-26(2,3)12-11-24-15-22-10-9-21-20(22)19(23)14-25-18-6-4-5-17(13-18)16-7-8-16/h4-6,9-10,13,16H,7-8,11-12,14-15H2,1-3H3. The predicted octanol–water partition coefficient (Wildman–Crippen LogP) is 4.33. The van der Waals surface area contributed by atoms with Crippen LogP contribution in [-0.2, 0) is 11.5 Å². The van der Waals surface area contributed by atoms with Crippen molar-refractivity contribution in [3.8, 4) is 5.75 Å². The maximum atomic E-state index is 12.5. The van der Waals surface area contributed by atoms with E-state index >= 15 is 0 Å². The van der Waals surface area contributed by atoms with Gasteiger partial charge in [-0.1, -0.05) is 31.8 Å². The summed E-state index contributed by atoms with van der Waals surface area (Å²) < 4.78 is 13.2. The van der Waals surface area contributed by atoms with Crippen molar-refractivity contribution >= 4 is 13.9 Å². The van der Waals surface area contributed by atoms with E-state index in [9.17, 15) is 4.79 Å². The molecule has 26 heavy (non-hydrogen) atoms. The van der Waals surface area contributed by atoms with Gasteiger partial charge in [0.25, 0.3) is 0 Å². The number of hydrogen-bond acceptors (Lipinski definition) is 4. The van der Waals surface area contributed by atoms with Crippen molar-refractivity contribution < 1.29 is 14.3 Å². The maximum absolute atomic E-state index is 12.5. The van der Waals surface area contributed by atoms with Gasteiger partial charge in [0, 0.05) is 27.1 Å². The molecule has 0 spiro atoms.